The van der Waals surface area contributed by atoms with E-state index in [0.29, 0.717) is 41.5 Å². The molecule has 260 valence electrons. The van der Waals surface area contributed by atoms with Gasteiger partial charge in [-0.2, -0.15) is 0 Å². The van der Waals surface area contributed by atoms with Gasteiger partial charge in [0.25, 0.3) is 5.91 Å². The van der Waals surface area contributed by atoms with Crippen LogP contribution in [0.2, 0.25) is 0 Å². The number of aromatic nitrogens is 3. The molecule has 0 spiro atoms. The molecule has 1 amide bonds. The minimum absolute atomic E-state index is 0.141. The lowest BCUT2D eigenvalue weighted by Crippen LogP contribution is -2.28. The van der Waals surface area contributed by atoms with E-state index in [9.17, 15) is 9.35 Å². The molecule has 0 fully saturated rings. The molecular formula is C39H49N5O4S. The number of fused-ring (bicyclic) bond motifs is 1. The minimum Gasteiger partial charge on any atom is -0.611 e. The number of unbranched alkanes of at least 4 members (excludes halogenated alkanes) is 1. The number of hydrogen-bond acceptors (Lipinski definition) is 7. The van der Waals surface area contributed by atoms with Gasteiger partial charge < -0.3 is 28.8 Å². The van der Waals surface area contributed by atoms with Crippen LogP contribution in [-0.4, -0.2) is 57.9 Å². The normalized spacial score (nSPS) is 14.7. The van der Waals surface area contributed by atoms with Gasteiger partial charge in [0.1, 0.15) is 18.2 Å². The maximum Gasteiger partial charge on any atom is 0.251 e. The van der Waals surface area contributed by atoms with Crippen LogP contribution in [0.1, 0.15) is 70.6 Å². The Kier molecular flexibility index (Phi) is 13.7. The summed E-state index contributed by atoms with van der Waals surface area (Å²) < 4.78 is 26.6. The topological polar surface area (TPSA) is 105 Å². The van der Waals surface area contributed by atoms with Crippen molar-refractivity contribution in [1.29, 1.82) is 0 Å². The van der Waals surface area contributed by atoms with Gasteiger partial charge in [0.15, 0.2) is 10.6 Å². The van der Waals surface area contributed by atoms with Crippen LogP contribution in [0.5, 0.6) is 5.75 Å². The average molecular weight is 684 g/mol. The second-order valence-electron chi connectivity index (χ2n) is 12.3. The number of pyridine rings is 1. The summed E-state index contributed by atoms with van der Waals surface area (Å²) in [5.74, 6) is 1.95. The molecule has 1 aliphatic heterocycles. The molecule has 3 heterocycles. The molecular weight excluding hydrogens is 635 g/mol. The van der Waals surface area contributed by atoms with Crippen LogP contribution in [-0.2, 0) is 33.0 Å². The fourth-order valence-electron chi connectivity index (χ4n) is 5.84. The van der Waals surface area contributed by atoms with Crippen molar-refractivity contribution in [3.05, 3.63) is 90.1 Å². The van der Waals surface area contributed by atoms with E-state index >= 15 is 0 Å². The maximum atomic E-state index is 13.6. The first-order valence-electron chi connectivity index (χ1n) is 17.5. The van der Waals surface area contributed by atoms with Crippen LogP contribution in [0.3, 0.4) is 0 Å². The van der Waals surface area contributed by atoms with E-state index in [1.165, 1.54) is 0 Å². The van der Waals surface area contributed by atoms with Crippen molar-refractivity contribution in [3.8, 4) is 16.9 Å². The Bertz CT molecular complexity index is 1650. The molecule has 49 heavy (non-hydrogen) atoms. The molecule has 0 aliphatic carbocycles. The zero-order valence-electron chi connectivity index (χ0n) is 29.0. The van der Waals surface area contributed by atoms with E-state index in [1.807, 2.05) is 65.4 Å². The Balaban J connectivity index is 1.28. The zero-order valence-corrected chi connectivity index (χ0v) is 29.8. The van der Waals surface area contributed by atoms with Crippen molar-refractivity contribution in [2.45, 2.75) is 76.5 Å². The highest BCUT2D eigenvalue weighted by atomic mass is 32.2. The molecule has 2 aromatic carbocycles. The van der Waals surface area contributed by atoms with Crippen molar-refractivity contribution in [2.24, 2.45) is 0 Å². The highest BCUT2D eigenvalue weighted by Gasteiger charge is 2.20. The van der Waals surface area contributed by atoms with Crippen LogP contribution in [0.4, 0.5) is 11.5 Å². The number of nitrogens with one attached hydrogen (secondary N) is 1. The highest BCUT2D eigenvalue weighted by Crippen LogP contribution is 2.31. The standard InChI is InChI=1S/C39H49N5O4S/c1-4-7-21-47-22-23-48-36-14-10-30(11-15-36)33-25-32-24-31(9-8-20-43(18-5-2)38(32)41-26-33)39(45)42-34-12-16-37(17-13-34)49(46)28-35-27-40-29-44(35)19-6-3/h10-17,24-27,29H,4-9,18-23,28H2,1-3H3,(H,42,45)/b31-24+. The number of imidazole rings is 1. The summed E-state index contributed by atoms with van der Waals surface area (Å²) in [6.07, 6.45) is 13.1. The van der Waals surface area contributed by atoms with Crippen molar-refractivity contribution < 1.29 is 18.8 Å². The molecule has 10 heteroatoms. The first-order valence-corrected chi connectivity index (χ1v) is 18.9. The third-order valence-corrected chi connectivity index (χ3v) is 9.78. The second-order valence-corrected chi connectivity index (χ2v) is 13.7. The Morgan fingerprint density at radius 1 is 0.939 bits per heavy atom. The molecule has 0 saturated heterocycles. The molecule has 2 aromatic heterocycles. The number of aryl methyl sites for hydroxylation is 1. The summed E-state index contributed by atoms with van der Waals surface area (Å²) in [7, 11) is 0. The number of amides is 1. The van der Waals surface area contributed by atoms with Gasteiger partial charge in [-0.25, -0.2) is 9.97 Å². The fourth-order valence-corrected chi connectivity index (χ4v) is 6.95. The van der Waals surface area contributed by atoms with Crippen LogP contribution in [0.25, 0.3) is 17.2 Å². The third-order valence-electron chi connectivity index (χ3n) is 8.43. The third kappa shape index (κ3) is 10.2. The molecule has 5 rings (SSSR count). The Morgan fingerprint density at radius 3 is 2.49 bits per heavy atom. The van der Waals surface area contributed by atoms with Crippen molar-refractivity contribution in [2.75, 3.05) is 43.1 Å². The SMILES string of the molecule is CCCCOCCOc1ccc(-c2cnc3c(c2)/C=C(/C(=O)Nc2ccc([S+]([O-])Cc4cncn4CCC)cc2)CCCN3CCC)cc1. The van der Waals surface area contributed by atoms with Gasteiger partial charge in [0.05, 0.1) is 24.8 Å². The molecule has 0 radical (unpaired) electrons. The van der Waals surface area contributed by atoms with E-state index in [2.05, 4.69) is 42.0 Å². The number of hydrogen-bond donors (Lipinski definition) is 1. The maximum absolute atomic E-state index is 13.6. The van der Waals surface area contributed by atoms with Crippen LogP contribution in [0, 0.1) is 0 Å². The predicted octanol–water partition coefficient (Wildman–Crippen LogP) is 7.89. The van der Waals surface area contributed by atoms with Gasteiger partial charge in [-0.05, 0) is 97.4 Å². The molecule has 1 aliphatic rings. The van der Waals surface area contributed by atoms with Crippen LogP contribution >= 0.6 is 0 Å². The summed E-state index contributed by atoms with van der Waals surface area (Å²) in [6.45, 7) is 10.9. The summed E-state index contributed by atoms with van der Waals surface area (Å²) in [4.78, 5) is 25.8. The van der Waals surface area contributed by atoms with Gasteiger partial charge in [-0.15, -0.1) is 0 Å². The van der Waals surface area contributed by atoms with Crippen molar-refractivity contribution >= 4 is 34.7 Å². The molecule has 1 unspecified atom stereocenters. The lowest BCUT2D eigenvalue weighted by molar-refractivity contribution is -0.112. The second kappa shape index (κ2) is 18.6. The predicted molar refractivity (Wildman–Crippen MR) is 198 cm³/mol. The monoisotopic (exact) mass is 683 g/mol. The van der Waals surface area contributed by atoms with E-state index in [4.69, 9.17) is 14.5 Å². The van der Waals surface area contributed by atoms with Gasteiger partial charge in [0, 0.05) is 54.8 Å². The number of nitrogens with zero attached hydrogens (tertiary/aromatic N) is 4. The van der Waals surface area contributed by atoms with Gasteiger partial charge >= 0.3 is 0 Å². The highest BCUT2D eigenvalue weighted by molar-refractivity contribution is 7.90. The lowest BCUT2D eigenvalue weighted by atomic mass is 9.99. The first kappa shape index (κ1) is 36.2. The average Bonchev–Trinajstić information content (AvgIpc) is 3.54. The fraction of sp³-hybridized carbons (Fsp3) is 0.410. The van der Waals surface area contributed by atoms with Crippen molar-refractivity contribution in [3.63, 3.8) is 0 Å². The van der Waals surface area contributed by atoms with E-state index in [1.54, 1.807) is 12.5 Å². The number of anilines is 2. The summed E-state index contributed by atoms with van der Waals surface area (Å²) >= 11 is -1.22. The number of benzene rings is 2. The van der Waals surface area contributed by atoms with E-state index in [-0.39, 0.29) is 5.91 Å². The molecule has 1 N–H and O–H groups in total. The molecule has 4 aromatic rings. The quantitative estimate of drug-likeness (QED) is 0.0892. The summed E-state index contributed by atoms with van der Waals surface area (Å²) in [5, 5.41) is 3.07. The number of carbonyl (C=O) groups excluding carboxylic acids is 1. The van der Waals surface area contributed by atoms with Gasteiger partial charge in [-0.3, -0.25) is 4.79 Å². The number of ether oxygens (including phenoxy) is 2. The van der Waals surface area contributed by atoms with E-state index in [0.717, 1.165) is 92.3 Å². The van der Waals surface area contributed by atoms with Crippen LogP contribution in [0.15, 0.2) is 83.8 Å². The molecule has 0 bridgehead atoms. The van der Waals surface area contributed by atoms with Crippen molar-refractivity contribution in [1.82, 2.24) is 14.5 Å². The zero-order chi connectivity index (χ0) is 34.4. The molecule has 9 nitrogen and oxygen atoms in total. The minimum atomic E-state index is -1.22. The lowest BCUT2D eigenvalue weighted by Gasteiger charge is -2.27. The van der Waals surface area contributed by atoms with Gasteiger partial charge in [-0.1, -0.05) is 39.3 Å². The summed E-state index contributed by atoms with van der Waals surface area (Å²) in [5.41, 5.74) is 5.25. The molecule has 0 saturated carbocycles. The number of carbonyl (C=O) groups is 1. The Morgan fingerprint density at radius 2 is 1.73 bits per heavy atom. The largest absolute Gasteiger partial charge is 0.611 e. The Labute approximate surface area is 293 Å². The number of rotatable bonds is 17. The first-order chi connectivity index (χ1) is 24.0. The Hall–Kier alpha value is -4.12. The summed E-state index contributed by atoms with van der Waals surface area (Å²) in [6, 6.07) is 17.4. The molecule has 1 atom stereocenters. The van der Waals surface area contributed by atoms with E-state index < -0.39 is 11.2 Å². The van der Waals surface area contributed by atoms with Crippen LogP contribution < -0.4 is 15.0 Å². The smallest absolute Gasteiger partial charge is 0.251 e. The van der Waals surface area contributed by atoms with Gasteiger partial charge in [0.2, 0.25) is 0 Å².